The Labute approximate surface area is 188 Å². The third-order valence-corrected chi connectivity index (χ3v) is 6.73. The zero-order valence-corrected chi connectivity index (χ0v) is 18.4. The van der Waals surface area contributed by atoms with Crippen LogP contribution in [0.15, 0.2) is 109 Å². The number of aryl methyl sites for hydroxylation is 2. The number of hydrogen-bond acceptors (Lipinski definition) is 0. The van der Waals surface area contributed by atoms with Gasteiger partial charge in [0.25, 0.3) is 0 Å². The van der Waals surface area contributed by atoms with Crippen molar-refractivity contribution in [1.82, 2.24) is 0 Å². The summed E-state index contributed by atoms with van der Waals surface area (Å²) in [4.78, 5) is 0. The van der Waals surface area contributed by atoms with Crippen LogP contribution in [0.1, 0.15) is 11.1 Å². The summed E-state index contributed by atoms with van der Waals surface area (Å²) >= 11 is 0. The normalized spacial score (nSPS) is 11.4. The van der Waals surface area contributed by atoms with E-state index in [1.165, 1.54) is 65.7 Å². The quantitative estimate of drug-likeness (QED) is 0.251. The molecule has 0 spiro atoms. The van der Waals surface area contributed by atoms with Gasteiger partial charge in [0.05, 0.1) is 0 Å². The number of rotatable bonds is 2. The maximum absolute atomic E-state index is 2.37. The van der Waals surface area contributed by atoms with Crippen LogP contribution in [0, 0.1) is 13.8 Å². The van der Waals surface area contributed by atoms with E-state index in [4.69, 9.17) is 0 Å². The Balaban J connectivity index is 1.69. The van der Waals surface area contributed by atoms with Crippen LogP contribution in [-0.2, 0) is 0 Å². The first kappa shape index (κ1) is 18.8. The van der Waals surface area contributed by atoms with Crippen LogP contribution in [0.5, 0.6) is 0 Å². The first-order chi connectivity index (χ1) is 15.7. The van der Waals surface area contributed by atoms with Gasteiger partial charge in [0, 0.05) is 0 Å². The average molecular weight is 409 g/mol. The van der Waals surface area contributed by atoms with Gasteiger partial charge in [-0.15, -0.1) is 0 Å². The summed E-state index contributed by atoms with van der Waals surface area (Å²) < 4.78 is 0. The molecule has 0 aromatic heterocycles. The molecule has 6 rings (SSSR count). The van der Waals surface area contributed by atoms with E-state index in [2.05, 4.69) is 123 Å². The molecule has 0 radical (unpaired) electrons. The summed E-state index contributed by atoms with van der Waals surface area (Å²) in [6, 6.07) is 40.1. The maximum Gasteiger partial charge on any atom is -0.00264 e. The highest BCUT2D eigenvalue weighted by molar-refractivity contribution is 6.21. The molecule has 0 saturated heterocycles. The third-order valence-electron chi connectivity index (χ3n) is 6.73. The van der Waals surface area contributed by atoms with Gasteiger partial charge in [0.2, 0.25) is 0 Å². The highest BCUT2D eigenvalue weighted by Gasteiger charge is 2.10. The minimum absolute atomic E-state index is 1.27. The third kappa shape index (κ3) is 2.99. The molecule has 32 heavy (non-hydrogen) atoms. The fourth-order valence-corrected chi connectivity index (χ4v) is 5.00. The Bertz CT molecular complexity index is 1520. The Hall–Kier alpha value is -3.90. The van der Waals surface area contributed by atoms with Crippen molar-refractivity contribution in [2.75, 3.05) is 0 Å². The van der Waals surface area contributed by atoms with E-state index < -0.39 is 0 Å². The molecule has 0 N–H and O–H groups in total. The van der Waals surface area contributed by atoms with Crippen molar-refractivity contribution >= 4 is 32.3 Å². The fourth-order valence-electron chi connectivity index (χ4n) is 5.00. The summed E-state index contributed by atoms with van der Waals surface area (Å²) in [5, 5.41) is 7.82. The lowest BCUT2D eigenvalue weighted by atomic mass is 9.91. The Kier molecular flexibility index (Phi) is 4.33. The largest absolute Gasteiger partial charge is 0.0620 e. The van der Waals surface area contributed by atoms with Crippen LogP contribution in [0.2, 0.25) is 0 Å². The van der Waals surface area contributed by atoms with Gasteiger partial charge in [-0.25, -0.2) is 0 Å². The van der Waals surface area contributed by atoms with Crippen LogP contribution in [0.4, 0.5) is 0 Å². The SMILES string of the molecule is Cc1ccccc1-c1ccc2ccc3ccc4ccc(-c5ccccc5C)cc4c3c2c1. The topological polar surface area (TPSA) is 0 Å². The number of benzene rings is 6. The van der Waals surface area contributed by atoms with Crippen LogP contribution in [-0.4, -0.2) is 0 Å². The van der Waals surface area contributed by atoms with E-state index in [1.54, 1.807) is 0 Å². The van der Waals surface area contributed by atoms with Crippen molar-refractivity contribution in [2.45, 2.75) is 13.8 Å². The molecule has 6 aromatic carbocycles. The molecule has 0 atom stereocenters. The maximum atomic E-state index is 2.37. The highest BCUT2D eigenvalue weighted by atomic mass is 14.1. The molecular formula is C32H24. The molecule has 0 aliphatic carbocycles. The zero-order chi connectivity index (χ0) is 21.7. The Morgan fingerprint density at radius 2 is 0.812 bits per heavy atom. The van der Waals surface area contributed by atoms with Crippen molar-refractivity contribution in [3.8, 4) is 22.3 Å². The predicted molar refractivity (Wildman–Crippen MR) is 139 cm³/mol. The Morgan fingerprint density at radius 1 is 0.406 bits per heavy atom. The van der Waals surface area contributed by atoms with Crippen molar-refractivity contribution in [1.29, 1.82) is 0 Å². The number of fused-ring (bicyclic) bond motifs is 5. The first-order valence-corrected chi connectivity index (χ1v) is 11.2. The lowest BCUT2D eigenvalue weighted by Crippen LogP contribution is -1.87. The molecule has 6 aromatic rings. The molecule has 0 heteroatoms. The van der Waals surface area contributed by atoms with Crippen molar-refractivity contribution in [2.24, 2.45) is 0 Å². The molecule has 0 saturated carbocycles. The molecule has 0 bridgehead atoms. The monoisotopic (exact) mass is 408 g/mol. The van der Waals surface area contributed by atoms with Crippen molar-refractivity contribution < 1.29 is 0 Å². The predicted octanol–water partition coefficient (Wildman–Crippen LogP) is 9.10. The van der Waals surface area contributed by atoms with Gasteiger partial charge in [-0.3, -0.25) is 0 Å². The smallest absolute Gasteiger partial charge is 0.00264 e. The van der Waals surface area contributed by atoms with Gasteiger partial charge in [-0.1, -0.05) is 97.1 Å². The van der Waals surface area contributed by atoms with Crippen LogP contribution in [0.3, 0.4) is 0 Å². The van der Waals surface area contributed by atoms with E-state index in [0.717, 1.165) is 0 Å². The first-order valence-electron chi connectivity index (χ1n) is 11.2. The molecule has 0 amide bonds. The summed E-state index contributed by atoms with van der Waals surface area (Å²) in [5.74, 6) is 0. The molecule has 0 aliphatic heterocycles. The number of hydrogen-bond donors (Lipinski definition) is 0. The lowest BCUT2D eigenvalue weighted by Gasteiger charge is -2.13. The van der Waals surface area contributed by atoms with Gasteiger partial charge < -0.3 is 0 Å². The summed E-state index contributed by atoms with van der Waals surface area (Å²) in [6.07, 6.45) is 0. The minimum Gasteiger partial charge on any atom is -0.0620 e. The molecule has 152 valence electrons. The molecule has 0 nitrogen and oxygen atoms in total. The highest BCUT2D eigenvalue weighted by Crippen LogP contribution is 2.37. The zero-order valence-electron chi connectivity index (χ0n) is 18.4. The summed E-state index contributed by atoms with van der Waals surface area (Å²) in [6.45, 7) is 4.37. The average Bonchev–Trinajstić information content (AvgIpc) is 2.83. The minimum atomic E-state index is 1.27. The Morgan fingerprint density at radius 3 is 1.28 bits per heavy atom. The second kappa shape index (κ2) is 7.35. The molecule has 0 unspecified atom stereocenters. The van der Waals surface area contributed by atoms with Gasteiger partial charge >= 0.3 is 0 Å². The van der Waals surface area contributed by atoms with Crippen LogP contribution >= 0.6 is 0 Å². The summed E-state index contributed by atoms with van der Waals surface area (Å²) in [5.41, 5.74) is 7.75. The van der Waals surface area contributed by atoms with Crippen LogP contribution < -0.4 is 0 Å². The van der Waals surface area contributed by atoms with E-state index in [0.29, 0.717) is 0 Å². The van der Waals surface area contributed by atoms with Crippen molar-refractivity contribution in [3.63, 3.8) is 0 Å². The van der Waals surface area contributed by atoms with Crippen LogP contribution in [0.25, 0.3) is 54.6 Å². The van der Waals surface area contributed by atoms with Gasteiger partial charge in [0.15, 0.2) is 0 Å². The van der Waals surface area contributed by atoms with E-state index >= 15 is 0 Å². The van der Waals surface area contributed by atoms with Gasteiger partial charge in [0.1, 0.15) is 0 Å². The van der Waals surface area contributed by atoms with E-state index in [9.17, 15) is 0 Å². The lowest BCUT2D eigenvalue weighted by molar-refractivity contribution is 1.46. The standard InChI is InChI=1S/C32H24/c1-21-7-3-5-9-28(21)26-17-13-23-11-15-25-16-12-24-14-18-27(29-10-6-4-8-22(29)2)20-31(24)32(25)30(23)19-26/h3-20H,1-2H3. The molecular weight excluding hydrogens is 384 g/mol. The molecule has 0 heterocycles. The van der Waals surface area contributed by atoms with E-state index in [-0.39, 0.29) is 0 Å². The van der Waals surface area contributed by atoms with E-state index in [1.807, 2.05) is 0 Å². The second-order valence-electron chi connectivity index (χ2n) is 8.73. The fraction of sp³-hybridized carbons (Fsp3) is 0.0625. The van der Waals surface area contributed by atoms with Crippen molar-refractivity contribution in [3.05, 3.63) is 120 Å². The molecule has 0 aliphatic rings. The van der Waals surface area contributed by atoms with Gasteiger partial charge in [-0.05, 0) is 91.7 Å². The molecule has 0 fully saturated rings. The summed E-state index contributed by atoms with van der Waals surface area (Å²) in [7, 11) is 0. The van der Waals surface area contributed by atoms with Gasteiger partial charge in [-0.2, -0.15) is 0 Å². The second-order valence-corrected chi connectivity index (χ2v) is 8.73.